The lowest BCUT2D eigenvalue weighted by Gasteiger charge is -2.05. The maximum Gasteiger partial charge on any atom is 0.257 e. The first-order valence-electron chi connectivity index (χ1n) is 5.10. The summed E-state index contributed by atoms with van der Waals surface area (Å²) in [5, 5.41) is 4.70. The summed E-state index contributed by atoms with van der Waals surface area (Å²) in [4.78, 5) is 14.5. The SMILES string of the molecule is C#CCCNc1cc2ccccc2c(=O)[nH]1. The minimum atomic E-state index is -0.0821. The van der Waals surface area contributed by atoms with E-state index in [4.69, 9.17) is 6.42 Å². The standard InChI is InChI=1S/C13H12N2O/c1-2-3-8-14-12-9-10-6-4-5-7-11(10)13(16)15-12/h1,4-7,9H,3,8H2,(H2,14,15,16). The number of nitrogens with one attached hydrogen (secondary N) is 2. The number of terminal acetylenes is 1. The molecule has 0 radical (unpaired) electrons. The first-order chi connectivity index (χ1) is 7.81. The van der Waals surface area contributed by atoms with Gasteiger partial charge < -0.3 is 10.3 Å². The molecule has 1 aromatic heterocycles. The van der Waals surface area contributed by atoms with Crippen LogP contribution >= 0.6 is 0 Å². The molecule has 0 aliphatic heterocycles. The largest absolute Gasteiger partial charge is 0.371 e. The quantitative estimate of drug-likeness (QED) is 0.603. The van der Waals surface area contributed by atoms with Crippen molar-refractivity contribution in [3.05, 3.63) is 40.7 Å². The van der Waals surface area contributed by atoms with Crippen LogP contribution in [0.2, 0.25) is 0 Å². The zero-order valence-electron chi connectivity index (χ0n) is 8.79. The van der Waals surface area contributed by atoms with Gasteiger partial charge in [0.1, 0.15) is 5.82 Å². The molecule has 0 fully saturated rings. The maximum atomic E-state index is 11.7. The number of aromatic amines is 1. The van der Waals surface area contributed by atoms with E-state index in [2.05, 4.69) is 16.2 Å². The van der Waals surface area contributed by atoms with E-state index in [1.807, 2.05) is 24.3 Å². The van der Waals surface area contributed by atoms with Gasteiger partial charge in [-0.2, -0.15) is 0 Å². The van der Waals surface area contributed by atoms with Gasteiger partial charge >= 0.3 is 0 Å². The van der Waals surface area contributed by atoms with Crippen molar-refractivity contribution in [3.8, 4) is 12.3 Å². The Kier molecular flexibility index (Phi) is 2.93. The summed E-state index contributed by atoms with van der Waals surface area (Å²) in [6.07, 6.45) is 5.78. The number of anilines is 1. The predicted octanol–water partition coefficient (Wildman–Crippen LogP) is 1.96. The molecule has 3 nitrogen and oxygen atoms in total. The van der Waals surface area contributed by atoms with Crippen molar-refractivity contribution in [2.75, 3.05) is 11.9 Å². The molecule has 0 aliphatic carbocycles. The molecule has 0 amide bonds. The molecule has 16 heavy (non-hydrogen) atoms. The number of hydrogen-bond acceptors (Lipinski definition) is 2. The summed E-state index contributed by atoms with van der Waals surface area (Å²) in [5.41, 5.74) is -0.0821. The van der Waals surface area contributed by atoms with Gasteiger partial charge in [0.15, 0.2) is 0 Å². The molecule has 0 spiro atoms. The third-order valence-electron chi connectivity index (χ3n) is 2.34. The molecular weight excluding hydrogens is 200 g/mol. The number of H-pyrrole nitrogens is 1. The van der Waals surface area contributed by atoms with Crippen molar-refractivity contribution < 1.29 is 0 Å². The summed E-state index contributed by atoms with van der Waals surface area (Å²) in [6, 6.07) is 9.39. The smallest absolute Gasteiger partial charge is 0.257 e. The van der Waals surface area contributed by atoms with Crippen LogP contribution in [0.1, 0.15) is 6.42 Å². The van der Waals surface area contributed by atoms with Gasteiger partial charge in [0.25, 0.3) is 5.56 Å². The van der Waals surface area contributed by atoms with Crippen LogP contribution in [-0.4, -0.2) is 11.5 Å². The van der Waals surface area contributed by atoms with E-state index in [1.165, 1.54) is 0 Å². The highest BCUT2D eigenvalue weighted by molar-refractivity contribution is 5.83. The molecule has 2 rings (SSSR count). The third kappa shape index (κ3) is 2.06. The number of fused-ring (bicyclic) bond motifs is 1. The minimum Gasteiger partial charge on any atom is -0.371 e. The molecule has 0 saturated carbocycles. The third-order valence-corrected chi connectivity index (χ3v) is 2.34. The summed E-state index contributed by atoms with van der Waals surface area (Å²) in [5.74, 6) is 3.24. The van der Waals surface area contributed by atoms with Gasteiger partial charge in [-0.15, -0.1) is 12.3 Å². The van der Waals surface area contributed by atoms with Crippen molar-refractivity contribution in [1.82, 2.24) is 4.98 Å². The molecule has 3 heteroatoms. The van der Waals surface area contributed by atoms with Gasteiger partial charge in [-0.3, -0.25) is 4.79 Å². The van der Waals surface area contributed by atoms with E-state index < -0.39 is 0 Å². The lowest BCUT2D eigenvalue weighted by atomic mass is 10.2. The van der Waals surface area contributed by atoms with E-state index in [0.29, 0.717) is 24.2 Å². The molecule has 2 N–H and O–H groups in total. The van der Waals surface area contributed by atoms with Crippen LogP contribution < -0.4 is 10.9 Å². The van der Waals surface area contributed by atoms with Crippen LogP contribution in [0.4, 0.5) is 5.82 Å². The Bertz CT molecular complexity index is 593. The van der Waals surface area contributed by atoms with Crippen molar-refractivity contribution in [2.24, 2.45) is 0 Å². The van der Waals surface area contributed by atoms with Gasteiger partial charge in [0, 0.05) is 18.4 Å². The Balaban J connectivity index is 2.35. The number of hydrogen-bond donors (Lipinski definition) is 2. The van der Waals surface area contributed by atoms with E-state index in [1.54, 1.807) is 6.07 Å². The molecule has 0 saturated heterocycles. The zero-order chi connectivity index (χ0) is 11.4. The highest BCUT2D eigenvalue weighted by atomic mass is 16.1. The van der Waals surface area contributed by atoms with Crippen LogP contribution in [0, 0.1) is 12.3 Å². The van der Waals surface area contributed by atoms with Crippen LogP contribution in [0.25, 0.3) is 10.8 Å². The van der Waals surface area contributed by atoms with Crippen molar-refractivity contribution in [2.45, 2.75) is 6.42 Å². The molecular formula is C13H12N2O. The van der Waals surface area contributed by atoms with Gasteiger partial charge in [0.05, 0.1) is 0 Å². The van der Waals surface area contributed by atoms with E-state index in [0.717, 1.165) is 5.39 Å². The number of aromatic nitrogens is 1. The van der Waals surface area contributed by atoms with Crippen molar-refractivity contribution in [1.29, 1.82) is 0 Å². The maximum absolute atomic E-state index is 11.7. The second-order valence-electron chi connectivity index (χ2n) is 3.48. The Morgan fingerprint density at radius 2 is 2.19 bits per heavy atom. The second kappa shape index (κ2) is 4.54. The average Bonchev–Trinajstić information content (AvgIpc) is 2.30. The first kappa shape index (κ1) is 10.3. The first-order valence-corrected chi connectivity index (χ1v) is 5.10. The van der Waals surface area contributed by atoms with Crippen molar-refractivity contribution in [3.63, 3.8) is 0 Å². The Morgan fingerprint density at radius 3 is 3.00 bits per heavy atom. The van der Waals surface area contributed by atoms with Gasteiger partial charge in [-0.25, -0.2) is 0 Å². The van der Waals surface area contributed by atoms with Crippen LogP contribution in [0.3, 0.4) is 0 Å². The molecule has 0 aliphatic rings. The summed E-state index contributed by atoms with van der Waals surface area (Å²) in [6.45, 7) is 0.658. The fraction of sp³-hybridized carbons (Fsp3) is 0.154. The van der Waals surface area contributed by atoms with E-state index in [-0.39, 0.29) is 5.56 Å². The fourth-order valence-electron chi connectivity index (χ4n) is 1.58. The molecule has 1 heterocycles. The Hall–Kier alpha value is -2.21. The highest BCUT2D eigenvalue weighted by Gasteiger charge is 1.99. The number of pyridine rings is 1. The Labute approximate surface area is 93.5 Å². The molecule has 0 atom stereocenters. The van der Waals surface area contributed by atoms with Crippen LogP contribution in [0.15, 0.2) is 35.1 Å². The summed E-state index contributed by atoms with van der Waals surface area (Å²) < 4.78 is 0. The van der Waals surface area contributed by atoms with Crippen LogP contribution in [0.5, 0.6) is 0 Å². The second-order valence-corrected chi connectivity index (χ2v) is 3.48. The molecule has 0 unspecified atom stereocenters. The molecule has 80 valence electrons. The zero-order valence-corrected chi connectivity index (χ0v) is 8.79. The highest BCUT2D eigenvalue weighted by Crippen LogP contribution is 2.12. The van der Waals surface area contributed by atoms with E-state index in [9.17, 15) is 4.79 Å². The Morgan fingerprint density at radius 1 is 1.38 bits per heavy atom. The molecule has 0 bridgehead atoms. The minimum absolute atomic E-state index is 0.0821. The van der Waals surface area contributed by atoms with Crippen molar-refractivity contribution >= 4 is 16.6 Å². The number of benzene rings is 1. The lowest BCUT2D eigenvalue weighted by molar-refractivity contribution is 1.07. The monoisotopic (exact) mass is 212 g/mol. The summed E-state index contributed by atoms with van der Waals surface area (Å²) in [7, 11) is 0. The fourth-order valence-corrected chi connectivity index (χ4v) is 1.58. The van der Waals surface area contributed by atoms with Gasteiger partial charge in [-0.05, 0) is 17.5 Å². The molecule has 2 aromatic rings. The average molecular weight is 212 g/mol. The number of rotatable bonds is 3. The van der Waals surface area contributed by atoms with Gasteiger partial charge in [0.2, 0.25) is 0 Å². The lowest BCUT2D eigenvalue weighted by Crippen LogP contribution is -2.11. The van der Waals surface area contributed by atoms with Crippen LogP contribution in [-0.2, 0) is 0 Å². The normalized spacial score (nSPS) is 9.94. The van der Waals surface area contributed by atoms with Gasteiger partial charge in [-0.1, -0.05) is 18.2 Å². The predicted molar refractivity (Wildman–Crippen MR) is 66.5 cm³/mol. The molecule has 1 aromatic carbocycles. The topological polar surface area (TPSA) is 44.9 Å². The van der Waals surface area contributed by atoms with E-state index >= 15 is 0 Å². The summed E-state index contributed by atoms with van der Waals surface area (Å²) >= 11 is 0.